The quantitative estimate of drug-likeness (QED) is 0.892. The van der Waals surface area contributed by atoms with Crippen LogP contribution in [0.15, 0.2) is 18.2 Å². The lowest BCUT2D eigenvalue weighted by Gasteiger charge is -2.36. The van der Waals surface area contributed by atoms with Crippen LogP contribution in [0.1, 0.15) is 50.2 Å². The minimum absolute atomic E-state index is 0.423. The van der Waals surface area contributed by atoms with Crippen LogP contribution in [0, 0.1) is 12.8 Å². The summed E-state index contributed by atoms with van der Waals surface area (Å²) in [6, 6.07) is 6.19. The minimum Gasteiger partial charge on any atom is -0.496 e. The Morgan fingerprint density at radius 3 is 2.58 bits per heavy atom. The lowest BCUT2D eigenvalue weighted by atomic mass is 9.75. The minimum atomic E-state index is -0.624. The third-order valence-corrected chi connectivity index (χ3v) is 4.47. The first kappa shape index (κ1) is 14.4. The highest BCUT2D eigenvalue weighted by atomic mass is 16.5. The van der Waals surface area contributed by atoms with Crippen molar-refractivity contribution < 1.29 is 9.84 Å². The van der Waals surface area contributed by atoms with E-state index >= 15 is 0 Å². The number of ether oxygens (including phenoxy) is 1. The van der Waals surface area contributed by atoms with Crippen molar-refractivity contribution in [3.63, 3.8) is 0 Å². The van der Waals surface area contributed by atoms with E-state index in [4.69, 9.17) is 4.74 Å². The molecule has 1 aliphatic carbocycles. The monoisotopic (exact) mass is 262 g/mol. The summed E-state index contributed by atoms with van der Waals surface area (Å²) < 4.78 is 5.42. The second-order valence-corrected chi connectivity index (χ2v) is 6.18. The molecule has 1 atom stereocenters. The predicted octanol–water partition coefficient (Wildman–Crippen LogP) is 3.88. The van der Waals surface area contributed by atoms with Gasteiger partial charge in [0.1, 0.15) is 5.75 Å². The van der Waals surface area contributed by atoms with Gasteiger partial charge in [0.2, 0.25) is 0 Å². The van der Waals surface area contributed by atoms with Gasteiger partial charge in [-0.3, -0.25) is 0 Å². The first-order chi connectivity index (χ1) is 9.03. The zero-order chi connectivity index (χ0) is 13.9. The van der Waals surface area contributed by atoms with Crippen molar-refractivity contribution in [1.82, 2.24) is 0 Å². The molecule has 0 aliphatic heterocycles. The van der Waals surface area contributed by atoms with E-state index in [1.165, 1.54) is 24.8 Å². The van der Waals surface area contributed by atoms with Crippen molar-refractivity contribution in [1.29, 1.82) is 0 Å². The third-order valence-electron chi connectivity index (χ3n) is 4.47. The average molecular weight is 262 g/mol. The number of aliphatic hydroxyl groups is 1. The molecule has 0 radical (unpaired) electrons. The molecule has 0 bridgehead atoms. The molecule has 2 nitrogen and oxygen atoms in total. The zero-order valence-electron chi connectivity index (χ0n) is 12.4. The second-order valence-electron chi connectivity index (χ2n) is 6.18. The van der Waals surface area contributed by atoms with Gasteiger partial charge in [-0.1, -0.05) is 37.0 Å². The average Bonchev–Trinajstić information content (AvgIpc) is 2.39. The molecule has 19 heavy (non-hydrogen) atoms. The molecule has 1 saturated carbocycles. The predicted molar refractivity (Wildman–Crippen MR) is 78.6 cm³/mol. The molecule has 0 saturated heterocycles. The van der Waals surface area contributed by atoms with E-state index in [2.05, 4.69) is 19.1 Å². The van der Waals surface area contributed by atoms with Crippen molar-refractivity contribution in [2.24, 2.45) is 5.92 Å². The first-order valence-corrected chi connectivity index (χ1v) is 7.39. The van der Waals surface area contributed by atoms with Gasteiger partial charge < -0.3 is 9.84 Å². The van der Waals surface area contributed by atoms with E-state index in [0.29, 0.717) is 12.3 Å². The van der Waals surface area contributed by atoms with Crippen molar-refractivity contribution in [3.8, 4) is 5.75 Å². The molecule has 1 aromatic rings. The summed E-state index contributed by atoms with van der Waals surface area (Å²) in [5.41, 5.74) is 1.72. The van der Waals surface area contributed by atoms with Gasteiger partial charge >= 0.3 is 0 Å². The number of hydrogen-bond acceptors (Lipinski definition) is 2. The van der Waals surface area contributed by atoms with Gasteiger partial charge in [0.05, 0.1) is 12.7 Å². The standard InChI is InChI=1S/C17H26O2/c1-13-9-10-16(19-3)14(11-13)12-17(2,18)15-7-5-4-6-8-15/h9-11,15,18H,4-8,12H2,1-3H3. The molecule has 2 heteroatoms. The Morgan fingerprint density at radius 2 is 1.95 bits per heavy atom. The van der Waals surface area contributed by atoms with Crippen LogP contribution in [0.2, 0.25) is 0 Å². The van der Waals surface area contributed by atoms with Crippen LogP contribution in [0.3, 0.4) is 0 Å². The molecule has 1 aromatic carbocycles. The van der Waals surface area contributed by atoms with Crippen molar-refractivity contribution >= 4 is 0 Å². The smallest absolute Gasteiger partial charge is 0.122 e. The lowest BCUT2D eigenvalue weighted by molar-refractivity contribution is -0.0163. The van der Waals surface area contributed by atoms with E-state index in [0.717, 1.165) is 24.2 Å². The number of benzene rings is 1. The van der Waals surface area contributed by atoms with Crippen molar-refractivity contribution in [2.75, 3.05) is 7.11 Å². The maximum absolute atomic E-state index is 10.8. The van der Waals surface area contributed by atoms with Crippen LogP contribution in [-0.4, -0.2) is 17.8 Å². The molecule has 1 fully saturated rings. The fraction of sp³-hybridized carbons (Fsp3) is 0.647. The van der Waals surface area contributed by atoms with E-state index in [-0.39, 0.29) is 0 Å². The van der Waals surface area contributed by atoms with E-state index < -0.39 is 5.60 Å². The molecule has 0 aromatic heterocycles. The summed E-state index contributed by atoms with van der Waals surface area (Å²) in [7, 11) is 1.70. The molecule has 2 rings (SSSR count). The molecular weight excluding hydrogens is 236 g/mol. The van der Waals surface area contributed by atoms with Gasteiger partial charge in [-0.25, -0.2) is 0 Å². The first-order valence-electron chi connectivity index (χ1n) is 7.39. The molecular formula is C17H26O2. The van der Waals surface area contributed by atoms with Crippen LogP contribution in [0.5, 0.6) is 5.75 Å². The Labute approximate surface area is 116 Å². The van der Waals surface area contributed by atoms with Crippen molar-refractivity contribution in [2.45, 2.75) is 58.0 Å². The van der Waals surface area contributed by atoms with Crippen LogP contribution in [0.25, 0.3) is 0 Å². The van der Waals surface area contributed by atoms with Gasteiger partial charge in [0, 0.05) is 6.42 Å². The van der Waals surface area contributed by atoms with Gasteiger partial charge in [-0.15, -0.1) is 0 Å². The molecule has 1 unspecified atom stereocenters. The van der Waals surface area contributed by atoms with E-state index in [9.17, 15) is 5.11 Å². The van der Waals surface area contributed by atoms with Gasteiger partial charge in [-0.2, -0.15) is 0 Å². The topological polar surface area (TPSA) is 29.5 Å². The van der Waals surface area contributed by atoms with Crippen LogP contribution in [0.4, 0.5) is 0 Å². The van der Waals surface area contributed by atoms with E-state index in [1.807, 2.05) is 13.0 Å². The van der Waals surface area contributed by atoms with Gasteiger partial charge in [-0.05, 0) is 44.2 Å². The largest absolute Gasteiger partial charge is 0.496 e. The molecule has 0 spiro atoms. The number of aryl methyl sites for hydroxylation is 1. The SMILES string of the molecule is COc1ccc(C)cc1CC(C)(O)C1CCCCC1. The Bertz CT molecular complexity index is 417. The summed E-state index contributed by atoms with van der Waals surface area (Å²) in [6.07, 6.45) is 6.82. The highest BCUT2D eigenvalue weighted by molar-refractivity contribution is 5.37. The maximum atomic E-state index is 10.8. The van der Waals surface area contributed by atoms with Gasteiger partial charge in [0.15, 0.2) is 0 Å². The van der Waals surface area contributed by atoms with Crippen LogP contribution in [-0.2, 0) is 6.42 Å². The fourth-order valence-corrected chi connectivity index (χ4v) is 3.30. The summed E-state index contributed by atoms with van der Waals surface area (Å²) in [5.74, 6) is 1.31. The Balaban J connectivity index is 2.16. The molecule has 1 aliphatic rings. The Kier molecular flexibility index (Phi) is 4.51. The Morgan fingerprint density at radius 1 is 1.26 bits per heavy atom. The number of methoxy groups -OCH3 is 1. The van der Waals surface area contributed by atoms with Crippen molar-refractivity contribution in [3.05, 3.63) is 29.3 Å². The number of rotatable bonds is 4. The summed E-state index contributed by atoms with van der Waals surface area (Å²) in [6.45, 7) is 4.07. The highest BCUT2D eigenvalue weighted by Crippen LogP contribution is 2.36. The third kappa shape index (κ3) is 3.50. The van der Waals surface area contributed by atoms with E-state index in [1.54, 1.807) is 7.11 Å². The summed E-state index contributed by atoms with van der Waals surface area (Å²) >= 11 is 0. The number of hydrogen-bond donors (Lipinski definition) is 1. The Hall–Kier alpha value is -1.02. The summed E-state index contributed by atoms with van der Waals surface area (Å²) in [5, 5.41) is 10.8. The van der Waals surface area contributed by atoms with Gasteiger partial charge in [0.25, 0.3) is 0 Å². The fourth-order valence-electron chi connectivity index (χ4n) is 3.30. The van der Waals surface area contributed by atoms with Crippen LogP contribution < -0.4 is 4.74 Å². The molecule has 0 heterocycles. The normalized spacial score (nSPS) is 20.0. The maximum Gasteiger partial charge on any atom is 0.122 e. The summed E-state index contributed by atoms with van der Waals surface area (Å²) in [4.78, 5) is 0. The highest BCUT2D eigenvalue weighted by Gasteiger charge is 2.33. The van der Waals surface area contributed by atoms with Crippen LogP contribution >= 0.6 is 0 Å². The second kappa shape index (κ2) is 5.96. The lowest BCUT2D eigenvalue weighted by Crippen LogP contribution is -2.38. The zero-order valence-corrected chi connectivity index (χ0v) is 12.4. The molecule has 0 amide bonds. The molecule has 106 valence electrons. The molecule has 1 N–H and O–H groups in total.